The fraction of sp³-hybridized carbons (Fsp3) is 0.533. The van der Waals surface area contributed by atoms with E-state index in [0.717, 1.165) is 52.6 Å². The molecule has 0 saturated carbocycles. The van der Waals surface area contributed by atoms with Gasteiger partial charge in [-0.3, -0.25) is 9.78 Å². The van der Waals surface area contributed by atoms with Crippen molar-refractivity contribution in [3.63, 3.8) is 0 Å². The van der Waals surface area contributed by atoms with Crippen molar-refractivity contribution in [2.45, 2.75) is 106 Å². The number of carbonyl (C=O) groups is 2. The molecule has 0 amide bonds. The monoisotopic (exact) mass is 498 g/mol. The Labute approximate surface area is 216 Å². The summed E-state index contributed by atoms with van der Waals surface area (Å²) in [6.45, 7) is 13.6. The lowest BCUT2D eigenvalue weighted by Gasteiger charge is -2.17. The summed E-state index contributed by atoms with van der Waals surface area (Å²) >= 11 is 0. The minimum atomic E-state index is -1.02. The van der Waals surface area contributed by atoms with Crippen molar-refractivity contribution in [1.82, 2.24) is 0 Å². The summed E-state index contributed by atoms with van der Waals surface area (Å²) in [5, 5.41) is 0. The summed E-state index contributed by atoms with van der Waals surface area (Å²) in [5.74, 6) is -1.20. The fourth-order valence-electron chi connectivity index (χ4n) is 4.66. The van der Waals surface area contributed by atoms with E-state index < -0.39 is 18.2 Å². The van der Waals surface area contributed by atoms with E-state index in [2.05, 4.69) is 6.92 Å². The Kier molecular flexibility index (Phi) is 12.1. The lowest BCUT2D eigenvalue weighted by molar-refractivity contribution is -0.421. The number of unbranched alkanes of at least 4 members (excludes halogenated alkanes) is 6. The molecule has 6 heteroatoms. The molecule has 0 atom stereocenters. The van der Waals surface area contributed by atoms with Gasteiger partial charge in [0.25, 0.3) is 0 Å². The van der Waals surface area contributed by atoms with E-state index in [1.807, 2.05) is 65.8 Å². The van der Waals surface area contributed by atoms with Crippen molar-refractivity contribution < 1.29 is 29.1 Å². The lowest BCUT2D eigenvalue weighted by atomic mass is 10.0. The molecule has 2 aromatic rings. The van der Waals surface area contributed by atoms with Crippen LogP contribution in [0.5, 0.6) is 0 Å². The molecule has 198 valence electrons. The predicted molar refractivity (Wildman–Crippen MR) is 141 cm³/mol. The quantitative estimate of drug-likeness (QED) is 0.114. The topological polar surface area (TPSA) is 71.1 Å². The molecular formula is C30H42O6. The number of aryl methyl sites for hydroxylation is 6. The van der Waals surface area contributed by atoms with Gasteiger partial charge in [0, 0.05) is 6.42 Å². The Balaban J connectivity index is 2.01. The second-order valence-corrected chi connectivity index (χ2v) is 9.82. The van der Waals surface area contributed by atoms with Gasteiger partial charge in [0.1, 0.15) is 0 Å². The predicted octanol–water partition coefficient (Wildman–Crippen LogP) is 7.88. The number of hydrogen-bond donors (Lipinski definition) is 0. The first-order valence-electron chi connectivity index (χ1n) is 13.0. The molecule has 0 unspecified atom stereocenters. The lowest BCUT2D eigenvalue weighted by Crippen LogP contribution is -2.23. The van der Waals surface area contributed by atoms with Crippen molar-refractivity contribution in [1.29, 1.82) is 0 Å². The van der Waals surface area contributed by atoms with E-state index in [0.29, 0.717) is 17.5 Å². The van der Waals surface area contributed by atoms with Gasteiger partial charge in [0.2, 0.25) is 6.29 Å². The average molecular weight is 499 g/mol. The van der Waals surface area contributed by atoms with Gasteiger partial charge in [0.05, 0.1) is 11.1 Å². The van der Waals surface area contributed by atoms with Gasteiger partial charge in [-0.2, -0.15) is 0 Å². The van der Waals surface area contributed by atoms with Crippen LogP contribution >= 0.6 is 0 Å². The summed E-state index contributed by atoms with van der Waals surface area (Å²) in [7, 11) is 0. The summed E-state index contributed by atoms with van der Waals surface area (Å²) in [5.41, 5.74) is 6.28. The van der Waals surface area contributed by atoms with Gasteiger partial charge < -0.3 is 0 Å². The number of rotatable bonds is 14. The van der Waals surface area contributed by atoms with Gasteiger partial charge in [-0.25, -0.2) is 9.59 Å². The molecule has 0 heterocycles. The Morgan fingerprint density at radius 3 is 1.36 bits per heavy atom. The summed E-state index contributed by atoms with van der Waals surface area (Å²) in [4.78, 5) is 46.5. The molecule has 0 aromatic heterocycles. The zero-order valence-electron chi connectivity index (χ0n) is 23.0. The highest BCUT2D eigenvalue weighted by atomic mass is 17.3. The molecule has 0 aliphatic rings. The largest absolute Gasteiger partial charge is 0.373 e. The minimum absolute atomic E-state index is 0.423. The van der Waals surface area contributed by atoms with E-state index in [9.17, 15) is 9.59 Å². The summed E-state index contributed by atoms with van der Waals surface area (Å²) in [6, 6.07) is 7.68. The van der Waals surface area contributed by atoms with E-state index in [4.69, 9.17) is 19.6 Å². The molecule has 36 heavy (non-hydrogen) atoms. The zero-order valence-corrected chi connectivity index (χ0v) is 23.0. The van der Waals surface area contributed by atoms with Gasteiger partial charge in [-0.05, 0) is 70.2 Å². The first kappa shape index (κ1) is 29.5. The average Bonchev–Trinajstić information content (AvgIpc) is 2.78. The molecule has 0 bridgehead atoms. The number of benzene rings is 2. The minimum Gasteiger partial charge on any atom is -0.290 e. The van der Waals surface area contributed by atoms with Gasteiger partial charge in [-0.1, -0.05) is 80.8 Å². The second-order valence-electron chi connectivity index (χ2n) is 9.82. The highest BCUT2D eigenvalue weighted by molar-refractivity contribution is 5.93. The van der Waals surface area contributed by atoms with Crippen molar-refractivity contribution in [2.75, 3.05) is 0 Å². The molecule has 0 saturated heterocycles. The highest BCUT2D eigenvalue weighted by Crippen LogP contribution is 2.21. The van der Waals surface area contributed by atoms with Crippen molar-refractivity contribution in [2.24, 2.45) is 0 Å². The van der Waals surface area contributed by atoms with Crippen LogP contribution in [0.4, 0.5) is 0 Å². The maximum Gasteiger partial charge on any atom is 0.373 e. The molecule has 0 aliphatic heterocycles. The van der Waals surface area contributed by atoms with Gasteiger partial charge in [0.15, 0.2) is 0 Å². The van der Waals surface area contributed by atoms with Crippen LogP contribution in [0.15, 0.2) is 24.3 Å². The third-order valence-corrected chi connectivity index (χ3v) is 6.27. The SMILES string of the molecule is CCCCCCCCCC(OOC(=O)c1c(C)cc(C)cc1C)OOC(=O)c1c(C)cc(C)cc1C. The van der Waals surface area contributed by atoms with Crippen LogP contribution in [0, 0.1) is 41.5 Å². The summed E-state index contributed by atoms with van der Waals surface area (Å²) < 4.78 is 0. The van der Waals surface area contributed by atoms with E-state index in [1.54, 1.807) is 0 Å². The maximum absolute atomic E-state index is 12.7. The van der Waals surface area contributed by atoms with Crippen LogP contribution in [0.25, 0.3) is 0 Å². The Morgan fingerprint density at radius 1 is 0.611 bits per heavy atom. The van der Waals surface area contributed by atoms with Crippen molar-refractivity contribution >= 4 is 11.9 Å². The summed E-state index contributed by atoms with van der Waals surface area (Å²) in [6.07, 6.45) is 7.15. The van der Waals surface area contributed by atoms with E-state index in [1.165, 1.54) is 25.7 Å². The van der Waals surface area contributed by atoms with E-state index in [-0.39, 0.29) is 0 Å². The first-order chi connectivity index (χ1) is 17.1. The van der Waals surface area contributed by atoms with Crippen molar-refractivity contribution in [3.8, 4) is 0 Å². The first-order valence-corrected chi connectivity index (χ1v) is 13.0. The van der Waals surface area contributed by atoms with Crippen LogP contribution < -0.4 is 0 Å². The molecule has 0 N–H and O–H groups in total. The number of hydrogen-bond acceptors (Lipinski definition) is 6. The maximum atomic E-state index is 12.7. The van der Waals surface area contributed by atoms with Crippen molar-refractivity contribution in [3.05, 3.63) is 68.8 Å². The molecule has 0 radical (unpaired) electrons. The highest BCUT2D eigenvalue weighted by Gasteiger charge is 2.22. The third kappa shape index (κ3) is 9.07. The molecule has 6 nitrogen and oxygen atoms in total. The molecular weight excluding hydrogens is 456 g/mol. The standard InChI is InChI=1S/C30H42O6/c1-8-9-10-11-12-13-14-15-26(33-35-29(31)27-22(4)16-20(2)17-23(27)5)34-36-30(32)28-24(6)18-21(3)19-25(28)7/h16-19,26H,8-15H2,1-7H3. The zero-order chi connectivity index (χ0) is 26.7. The van der Waals surface area contributed by atoms with E-state index >= 15 is 0 Å². The Morgan fingerprint density at radius 2 is 0.972 bits per heavy atom. The fourth-order valence-corrected chi connectivity index (χ4v) is 4.66. The van der Waals surface area contributed by atoms with Gasteiger partial charge >= 0.3 is 11.9 Å². The van der Waals surface area contributed by atoms with Crippen LogP contribution in [0.3, 0.4) is 0 Å². The van der Waals surface area contributed by atoms with Gasteiger partial charge in [-0.15, -0.1) is 9.78 Å². The molecule has 0 fully saturated rings. The molecule has 0 aliphatic carbocycles. The van der Waals surface area contributed by atoms with Crippen LogP contribution in [-0.4, -0.2) is 18.2 Å². The van der Waals surface area contributed by atoms with Crippen LogP contribution in [0.2, 0.25) is 0 Å². The van der Waals surface area contributed by atoms with Crippen LogP contribution in [-0.2, 0) is 19.6 Å². The Hall–Kier alpha value is -2.70. The van der Waals surface area contributed by atoms with Crippen LogP contribution in [0.1, 0.15) is 112 Å². The smallest absolute Gasteiger partial charge is 0.290 e. The normalized spacial score (nSPS) is 11.1. The molecule has 2 rings (SSSR count). The third-order valence-electron chi connectivity index (χ3n) is 6.27. The molecule has 0 spiro atoms. The second kappa shape index (κ2) is 14.8. The number of carbonyl (C=O) groups excluding carboxylic acids is 2. The molecule has 2 aromatic carbocycles. The Bertz CT molecular complexity index is 907.